The van der Waals surface area contributed by atoms with E-state index >= 15 is 0 Å². The minimum absolute atomic E-state index is 0. The van der Waals surface area contributed by atoms with Crippen molar-refractivity contribution in [1.82, 2.24) is 9.34 Å². The maximum atomic E-state index is 12.4. The molecule has 0 saturated heterocycles. The Kier molecular flexibility index (Phi) is 6.40. The van der Waals surface area contributed by atoms with Crippen LogP contribution in [0.25, 0.3) is 0 Å². The van der Waals surface area contributed by atoms with Gasteiger partial charge in [0.15, 0.2) is 0 Å². The predicted octanol–water partition coefficient (Wildman–Crippen LogP) is -0.899. The molecule has 0 heterocycles. The molecule has 0 unspecified atom stereocenters. The Bertz CT molecular complexity index is 345. The second-order valence-electron chi connectivity index (χ2n) is 3.52. The Morgan fingerprint density at radius 1 is 1.25 bits per heavy atom. The zero-order valence-electron chi connectivity index (χ0n) is 10.5. The molecule has 16 heavy (non-hydrogen) atoms. The van der Waals surface area contributed by atoms with Crippen LogP contribution in [0.15, 0.2) is 24.3 Å². The molecule has 1 aromatic carbocycles. The van der Waals surface area contributed by atoms with E-state index in [4.69, 9.17) is 4.52 Å². The van der Waals surface area contributed by atoms with Crippen LogP contribution in [-0.2, 0) is 4.57 Å². The standard InChI is InChI=1S/C10H16N2O2P.Li/c1-11(2)15(13,12(3)4)14-10-8-6-5-7-9-10;/h5-6,8-9H,1-4H3;/q-1;+1. The number of rotatable bonds is 4. The normalized spacial score (nSPS) is 11.4. The molecule has 0 aliphatic rings. The molecule has 4 nitrogen and oxygen atoms in total. The monoisotopic (exact) mass is 234 g/mol. The second kappa shape index (κ2) is 6.49. The Morgan fingerprint density at radius 2 is 1.81 bits per heavy atom. The fraction of sp³-hybridized carbons (Fsp3) is 0.400. The van der Waals surface area contributed by atoms with Crippen LogP contribution in [0.3, 0.4) is 0 Å². The molecule has 0 aliphatic carbocycles. The summed E-state index contributed by atoms with van der Waals surface area (Å²) >= 11 is 0. The van der Waals surface area contributed by atoms with Crippen molar-refractivity contribution in [2.75, 3.05) is 28.2 Å². The van der Waals surface area contributed by atoms with Gasteiger partial charge in [-0.1, -0.05) is 0 Å². The average Bonchev–Trinajstić information content (AvgIpc) is 2.18. The summed E-state index contributed by atoms with van der Waals surface area (Å²) in [5.74, 6) is 0.559. The molecule has 0 bridgehead atoms. The van der Waals surface area contributed by atoms with Crippen molar-refractivity contribution >= 4 is 7.67 Å². The Morgan fingerprint density at radius 3 is 2.19 bits per heavy atom. The van der Waals surface area contributed by atoms with E-state index < -0.39 is 7.67 Å². The van der Waals surface area contributed by atoms with Crippen molar-refractivity contribution in [3.63, 3.8) is 0 Å². The molecule has 0 amide bonds. The van der Waals surface area contributed by atoms with Crippen molar-refractivity contribution in [2.45, 2.75) is 0 Å². The maximum absolute atomic E-state index is 12.4. The fourth-order valence-corrected chi connectivity index (χ4v) is 2.52. The van der Waals surface area contributed by atoms with Gasteiger partial charge in [-0.05, 0) is 28.2 Å². The molecule has 1 aromatic rings. The minimum atomic E-state index is -2.94. The van der Waals surface area contributed by atoms with Gasteiger partial charge < -0.3 is 4.52 Å². The van der Waals surface area contributed by atoms with Crippen molar-refractivity contribution in [2.24, 2.45) is 0 Å². The Hall–Kier alpha value is -0.233. The zero-order valence-corrected chi connectivity index (χ0v) is 11.4. The van der Waals surface area contributed by atoms with Gasteiger partial charge in [-0.2, -0.15) is 18.2 Å². The third-order valence-corrected chi connectivity index (χ3v) is 4.38. The molecule has 84 valence electrons. The Balaban J connectivity index is 0.00000225. The van der Waals surface area contributed by atoms with Crippen LogP contribution in [0.5, 0.6) is 5.75 Å². The van der Waals surface area contributed by atoms with Crippen LogP contribution < -0.4 is 23.4 Å². The van der Waals surface area contributed by atoms with Crippen LogP contribution in [0.4, 0.5) is 0 Å². The van der Waals surface area contributed by atoms with Crippen molar-refractivity contribution < 1.29 is 27.9 Å². The van der Waals surface area contributed by atoms with Gasteiger partial charge in [-0.15, -0.1) is 12.1 Å². The van der Waals surface area contributed by atoms with Gasteiger partial charge in [-0.25, -0.2) is 13.9 Å². The van der Waals surface area contributed by atoms with E-state index in [0.717, 1.165) is 0 Å². The van der Waals surface area contributed by atoms with E-state index in [0.29, 0.717) is 5.75 Å². The summed E-state index contributed by atoms with van der Waals surface area (Å²) in [4.78, 5) is 0. The van der Waals surface area contributed by atoms with E-state index in [-0.39, 0.29) is 18.9 Å². The van der Waals surface area contributed by atoms with Crippen molar-refractivity contribution in [3.05, 3.63) is 30.3 Å². The van der Waals surface area contributed by atoms with Crippen LogP contribution in [0.1, 0.15) is 0 Å². The topological polar surface area (TPSA) is 32.8 Å². The number of hydrogen-bond donors (Lipinski definition) is 0. The largest absolute Gasteiger partial charge is 1.00 e. The molecular formula is C10H16LiN2O2P. The summed E-state index contributed by atoms with van der Waals surface area (Å²) in [5, 5.41) is 0. The summed E-state index contributed by atoms with van der Waals surface area (Å²) in [6.07, 6.45) is 0. The van der Waals surface area contributed by atoms with Crippen molar-refractivity contribution in [3.8, 4) is 5.75 Å². The van der Waals surface area contributed by atoms with Gasteiger partial charge in [0.25, 0.3) is 0 Å². The number of nitrogens with zero attached hydrogens (tertiary/aromatic N) is 2. The van der Waals surface area contributed by atoms with Gasteiger partial charge in [-0.3, -0.25) is 0 Å². The second-order valence-corrected chi connectivity index (χ2v) is 6.28. The molecule has 0 radical (unpaired) electrons. The summed E-state index contributed by atoms with van der Waals surface area (Å²) in [7, 11) is 3.98. The molecule has 6 heteroatoms. The van der Waals surface area contributed by atoms with Crippen LogP contribution >= 0.6 is 7.67 Å². The van der Waals surface area contributed by atoms with Gasteiger partial charge in [0.1, 0.15) is 0 Å². The number of benzene rings is 1. The molecule has 0 N–H and O–H groups in total. The fourth-order valence-electron chi connectivity index (χ4n) is 1.09. The van der Waals surface area contributed by atoms with Gasteiger partial charge in [0, 0.05) is 5.75 Å². The number of hydrogen-bond acceptors (Lipinski definition) is 2. The summed E-state index contributed by atoms with van der Waals surface area (Å²) < 4.78 is 21.1. The van der Waals surface area contributed by atoms with Crippen molar-refractivity contribution in [1.29, 1.82) is 0 Å². The Labute approximate surface area is 109 Å². The van der Waals surface area contributed by atoms with E-state index in [1.807, 2.05) is 0 Å². The predicted molar refractivity (Wildman–Crippen MR) is 60.9 cm³/mol. The quantitative estimate of drug-likeness (QED) is 0.384. The van der Waals surface area contributed by atoms with Crippen LogP contribution in [0, 0.1) is 6.07 Å². The van der Waals surface area contributed by atoms with E-state index in [9.17, 15) is 4.57 Å². The smallest absolute Gasteiger partial charge is 0.486 e. The molecule has 0 saturated carbocycles. The third-order valence-electron chi connectivity index (χ3n) is 1.91. The first-order valence-electron chi connectivity index (χ1n) is 4.58. The minimum Gasteiger partial charge on any atom is -0.486 e. The van der Waals surface area contributed by atoms with Gasteiger partial charge in [0.05, 0.1) is 0 Å². The molecule has 1 rings (SSSR count). The average molecular weight is 234 g/mol. The molecule has 0 aliphatic heterocycles. The van der Waals surface area contributed by atoms with E-state index in [1.165, 1.54) is 0 Å². The maximum Gasteiger partial charge on any atom is 1.00 e. The first-order chi connectivity index (χ1) is 6.97. The molecular weight excluding hydrogens is 218 g/mol. The first kappa shape index (κ1) is 15.8. The summed E-state index contributed by atoms with van der Waals surface area (Å²) in [5.41, 5.74) is 0. The SMILES string of the molecule is CN(C)P(=O)(Oc1c[c-]ccc1)N(C)C.[Li+]. The molecule has 0 fully saturated rings. The summed E-state index contributed by atoms with van der Waals surface area (Å²) in [6.45, 7) is 0. The zero-order chi connectivity index (χ0) is 11.5. The molecule has 0 aromatic heterocycles. The van der Waals surface area contributed by atoms with Gasteiger partial charge >= 0.3 is 26.5 Å². The molecule has 0 spiro atoms. The first-order valence-corrected chi connectivity index (χ1v) is 6.11. The van der Waals surface area contributed by atoms with E-state index in [2.05, 4.69) is 6.07 Å². The van der Waals surface area contributed by atoms with E-state index in [1.54, 1.807) is 61.8 Å². The molecule has 0 atom stereocenters. The van der Waals surface area contributed by atoms with Crippen LogP contribution in [-0.4, -0.2) is 37.5 Å². The van der Waals surface area contributed by atoms with Gasteiger partial charge in [0.2, 0.25) is 0 Å². The third kappa shape index (κ3) is 3.66. The summed E-state index contributed by atoms with van der Waals surface area (Å²) in [6, 6.07) is 9.87. The van der Waals surface area contributed by atoms with Crippen LogP contribution in [0.2, 0.25) is 0 Å².